The molecule has 0 aliphatic heterocycles. The Morgan fingerprint density at radius 2 is 1.76 bits per heavy atom. The number of esters is 1. The van der Waals surface area contributed by atoms with Crippen molar-refractivity contribution in [2.75, 3.05) is 5.32 Å². The molecule has 6 heteroatoms. The summed E-state index contributed by atoms with van der Waals surface area (Å²) in [6, 6.07) is 14.6. The molecule has 0 bridgehead atoms. The first-order valence-corrected chi connectivity index (χ1v) is 9.53. The number of hydrogen-bond donors (Lipinski definition) is 1. The number of aryl methyl sites for hydroxylation is 2. The standard InChI is InChI=1S/C23H24N2O4/c1-15(2)28-23(27)18-8-10-19(11-9-18)25-21(26)12-13-22-24-14-20(29-22)17-6-4-16(3)5-7-17/h4-11,14-15H,12-13H2,1-3H3,(H,25,26). The highest BCUT2D eigenvalue weighted by Crippen LogP contribution is 2.21. The van der Waals surface area contributed by atoms with E-state index in [4.69, 9.17) is 9.15 Å². The monoisotopic (exact) mass is 392 g/mol. The number of carbonyl (C=O) groups is 2. The maximum absolute atomic E-state index is 12.2. The number of amides is 1. The van der Waals surface area contributed by atoms with Crippen molar-refractivity contribution in [2.24, 2.45) is 0 Å². The number of benzene rings is 2. The van der Waals surface area contributed by atoms with Crippen molar-refractivity contribution in [1.29, 1.82) is 0 Å². The zero-order chi connectivity index (χ0) is 20.8. The quantitative estimate of drug-likeness (QED) is 0.585. The lowest BCUT2D eigenvalue weighted by Crippen LogP contribution is -2.13. The molecule has 3 aromatic rings. The Morgan fingerprint density at radius 1 is 1.07 bits per heavy atom. The molecule has 1 N–H and O–H groups in total. The number of rotatable bonds is 7. The van der Waals surface area contributed by atoms with Gasteiger partial charge in [-0.1, -0.05) is 29.8 Å². The Labute approximate surface area is 169 Å². The van der Waals surface area contributed by atoms with E-state index in [-0.39, 0.29) is 24.4 Å². The number of nitrogens with one attached hydrogen (secondary N) is 1. The first-order valence-electron chi connectivity index (χ1n) is 9.53. The maximum atomic E-state index is 12.2. The van der Waals surface area contributed by atoms with E-state index in [2.05, 4.69) is 10.3 Å². The van der Waals surface area contributed by atoms with Gasteiger partial charge in [0.25, 0.3) is 0 Å². The predicted molar refractivity (Wildman–Crippen MR) is 111 cm³/mol. The predicted octanol–water partition coefficient (Wildman–Crippen LogP) is 4.79. The normalized spacial score (nSPS) is 10.8. The van der Waals surface area contributed by atoms with Gasteiger partial charge in [0.1, 0.15) is 0 Å². The van der Waals surface area contributed by atoms with Crippen LogP contribution in [0.4, 0.5) is 5.69 Å². The van der Waals surface area contributed by atoms with Gasteiger partial charge in [-0.3, -0.25) is 4.79 Å². The molecule has 2 aromatic carbocycles. The van der Waals surface area contributed by atoms with Gasteiger partial charge in [0, 0.05) is 24.1 Å². The molecule has 0 atom stereocenters. The molecule has 3 rings (SSSR count). The van der Waals surface area contributed by atoms with Crippen LogP contribution in [0.1, 0.15) is 42.1 Å². The molecule has 0 saturated carbocycles. The van der Waals surface area contributed by atoms with E-state index in [1.807, 2.05) is 31.2 Å². The van der Waals surface area contributed by atoms with E-state index in [0.717, 1.165) is 5.56 Å². The van der Waals surface area contributed by atoms with Crippen molar-refractivity contribution in [3.63, 3.8) is 0 Å². The zero-order valence-corrected chi connectivity index (χ0v) is 16.8. The zero-order valence-electron chi connectivity index (χ0n) is 16.8. The molecular formula is C23H24N2O4. The van der Waals surface area contributed by atoms with Crippen molar-refractivity contribution in [3.05, 3.63) is 71.7 Å². The summed E-state index contributed by atoms with van der Waals surface area (Å²) < 4.78 is 10.9. The largest absolute Gasteiger partial charge is 0.459 e. The number of ether oxygens (including phenoxy) is 1. The lowest BCUT2D eigenvalue weighted by Gasteiger charge is -2.09. The molecule has 1 aromatic heterocycles. The molecule has 150 valence electrons. The molecule has 6 nitrogen and oxygen atoms in total. The van der Waals surface area contributed by atoms with Gasteiger partial charge in [-0.15, -0.1) is 0 Å². The molecule has 0 unspecified atom stereocenters. The van der Waals surface area contributed by atoms with Crippen LogP contribution in [0.25, 0.3) is 11.3 Å². The Bertz CT molecular complexity index is 973. The smallest absolute Gasteiger partial charge is 0.338 e. The molecule has 29 heavy (non-hydrogen) atoms. The van der Waals surface area contributed by atoms with Crippen LogP contribution in [-0.4, -0.2) is 23.0 Å². The van der Waals surface area contributed by atoms with Crippen LogP contribution in [-0.2, 0) is 16.0 Å². The van der Waals surface area contributed by atoms with Gasteiger partial charge in [0.2, 0.25) is 5.91 Å². The summed E-state index contributed by atoms with van der Waals surface area (Å²) in [5.41, 5.74) is 3.19. The fourth-order valence-electron chi connectivity index (χ4n) is 2.69. The highest BCUT2D eigenvalue weighted by Gasteiger charge is 2.11. The molecule has 0 spiro atoms. The van der Waals surface area contributed by atoms with Crippen LogP contribution >= 0.6 is 0 Å². The van der Waals surface area contributed by atoms with Gasteiger partial charge < -0.3 is 14.5 Å². The van der Waals surface area contributed by atoms with Crippen molar-refractivity contribution < 1.29 is 18.7 Å². The van der Waals surface area contributed by atoms with Crippen molar-refractivity contribution in [1.82, 2.24) is 4.98 Å². The second-order valence-corrected chi connectivity index (χ2v) is 7.06. The third-order valence-corrected chi connectivity index (χ3v) is 4.20. The number of nitrogens with zero attached hydrogens (tertiary/aromatic N) is 1. The van der Waals surface area contributed by atoms with Crippen LogP contribution in [0.15, 0.2) is 59.1 Å². The first-order chi connectivity index (χ1) is 13.9. The van der Waals surface area contributed by atoms with Crippen LogP contribution in [0.5, 0.6) is 0 Å². The van der Waals surface area contributed by atoms with E-state index in [9.17, 15) is 9.59 Å². The van der Waals surface area contributed by atoms with Gasteiger partial charge in [-0.25, -0.2) is 9.78 Å². The molecule has 0 saturated heterocycles. The number of aromatic nitrogens is 1. The SMILES string of the molecule is Cc1ccc(-c2cnc(CCC(=O)Nc3ccc(C(=O)OC(C)C)cc3)o2)cc1. The van der Waals surface area contributed by atoms with Gasteiger partial charge in [-0.2, -0.15) is 0 Å². The lowest BCUT2D eigenvalue weighted by molar-refractivity contribution is -0.116. The van der Waals surface area contributed by atoms with E-state index in [1.54, 1.807) is 44.3 Å². The molecule has 1 amide bonds. The van der Waals surface area contributed by atoms with E-state index >= 15 is 0 Å². The van der Waals surface area contributed by atoms with Gasteiger partial charge in [-0.05, 0) is 45.0 Å². The highest BCUT2D eigenvalue weighted by atomic mass is 16.5. The fourth-order valence-corrected chi connectivity index (χ4v) is 2.69. The topological polar surface area (TPSA) is 81.4 Å². The number of carbonyl (C=O) groups excluding carboxylic acids is 2. The van der Waals surface area contributed by atoms with Crippen LogP contribution < -0.4 is 5.32 Å². The van der Waals surface area contributed by atoms with E-state index in [0.29, 0.717) is 29.3 Å². The second kappa shape index (κ2) is 9.19. The Morgan fingerprint density at radius 3 is 2.41 bits per heavy atom. The number of hydrogen-bond acceptors (Lipinski definition) is 5. The van der Waals surface area contributed by atoms with E-state index in [1.165, 1.54) is 5.56 Å². The summed E-state index contributed by atoms with van der Waals surface area (Å²) in [5, 5.41) is 2.80. The van der Waals surface area contributed by atoms with Gasteiger partial charge in [0.05, 0.1) is 17.9 Å². The van der Waals surface area contributed by atoms with Crippen LogP contribution in [0, 0.1) is 6.92 Å². The first kappa shape index (κ1) is 20.3. The summed E-state index contributed by atoms with van der Waals surface area (Å²) in [6.07, 6.45) is 2.14. The lowest BCUT2D eigenvalue weighted by atomic mass is 10.1. The number of anilines is 1. The Balaban J connectivity index is 1.51. The minimum atomic E-state index is -0.383. The van der Waals surface area contributed by atoms with Crippen molar-refractivity contribution in [3.8, 4) is 11.3 Å². The third kappa shape index (κ3) is 5.78. The Kier molecular flexibility index (Phi) is 6.44. The van der Waals surface area contributed by atoms with Crippen LogP contribution in [0.3, 0.4) is 0 Å². The summed E-state index contributed by atoms with van der Waals surface area (Å²) in [5.74, 6) is 0.663. The Hall–Kier alpha value is -3.41. The maximum Gasteiger partial charge on any atom is 0.338 e. The second-order valence-electron chi connectivity index (χ2n) is 7.06. The van der Waals surface area contributed by atoms with E-state index < -0.39 is 0 Å². The van der Waals surface area contributed by atoms with Crippen LogP contribution in [0.2, 0.25) is 0 Å². The molecule has 0 aliphatic carbocycles. The third-order valence-electron chi connectivity index (χ3n) is 4.20. The minimum Gasteiger partial charge on any atom is -0.459 e. The molecule has 1 heterocycles. The number of oxazole rings is 1. The minimum absolute atomic E-state index is 0.155. The van der Waals surface area contributed by atoms with Crippen molar-refractivity contribution in [2.45, 2.75) is 39.7 Å². The average Bonchev–Trinajstić information content (AvgIpc) is 3.16. The molecular weight excluding hydrogens is 368 g/mol. The molecule has 0 radical (unpaired) electrons. The molecule has 0 aliphatic rings. The fraction of sp³-hybridized carbons (Fsp3) is 0.261. The van der Waals surface area contributed by atoms with Gasteiger partial charge in [0.15, 0.2) is 11.7 Å². The summed E-state index contributed by atoms with van der Waals surface area (Å²) in [4.78, 5) is 28.3. The summed E-state index contributed by atoms with van der Waals surface area (Å²) >= 11 is 0. The van der Waals surface area contributed by atoms with Gasteiger partial charge >= 0.3 is 5.97 Å². The summed E-state index contributed by atoms with van der Waals surface area (Å²) in [7, 11) is 0. The molecule has 0 fully saturated rings. The average molecular weight is 392 g/mol. The summed E-state index contributed by atoms with van der Waals surface area (Å²) in [6.45, 7) is 5.62. The van der Waals surface area contributed by atoms with Crippen molar-refractivity contribution >= 4 is 17.6 Å². The highest BCUT2D eigenvalue weighted by molar-refractivity contribution is 5.93.